The molecule has 0 spiro atoms. The summed E-state index contributed by atoms with van der Waals surface area (Å²) in [6, 6.07) is 11.6. The number of fused-ring (bicyclic) bond motifs is 1. The number of nitrogens with zero attached hydrogens (tertiary/aromatic N) is 1. The molecular weight excluding hydrogens is 528 g/mol. The maximum absolute atomic E-state index is 13.5. The lowest BCUT2D eigenvalue weighted by atomic mass is 10.0. The third kappa shape index (κ3) is 7.98. The van der Waals surface area contributed by atoms with Crippen LogP contribution in [0.15, 0.2) is 42.5 Å². The quantitative estimate of drug-likeness (QED) is 0.527. The summed E-state index contributed by atoms with van der Waals surface area (Å²) in [6.45, 7) is 6.57. The molecule has 1 aliphatic heterocycles. The Hall–Kier alpha value is -3.10. The fraction of sp³-hybridized carbons (Fsp3) is 0.516. The molecule has 216 valence electrons. The molecule has 4 atom stereocenters. The van der Waals surface area contributed by atoms with Crippen LogP contribution >= 0.6 is 11.6 Å². The second kappa shape index (κ2) is 13.5. The highest BCUT2D eigenvalue weighted by molar-refractivity contribution is 6.30. The summed E-state index contributed by atoms with van der Waals surface area (Å²) >= 11 is 6.28. The molecule has 2 aromatic rings. The Morgan fingerprint density at radius 2 is 1.75 bits per heavy atom. The van der Waals surface area contributed by atoms with Gasteiger partial charge in [0.2, 0.25) is 17.7 Å². The zero-order chi connectivity index (χ0) is 28.8. The molecule has 8 nitrogen and oxygen atoms in total. The largest absolute Gasteiger partial charge is 0.489 e. The highest BCUT2D eigenvalue weighted by Gasteiger charge is 2.39. The number of carbonyl (C=O) groups excluding carboxylic acids is 3. The average Bonchev–Trinajstić information content (AvgIpc) is 3.76. The maximum atomic E-state index is 13.5. The Kier molecular flexibility index (Phi) is 10.1. The van der Waals surface area contributed by atoms with Crippen molar-refractivity contribution < 1.29 is 19.1 Å². The normalized spacial score (nSPS) is 25.6. The van der Waals surface area contributed by atoms with E-state index in [-0.39, 0.29) is 29.7 Å². The Labute approximate surface area is 242 Å². The third-order valence-electron chi connectivity index (χ3n) is 7.77. The van der Waals surface area contributed by atoms with E-state index in [1.165, 1.54) is 4.90 Å². The SMILES string of the molecule is Cc1ccc(C[C@H]2NC(=O)[C@@H](C)N(C)C(=O)[C@H](C3CC3)NC[C@@H](C)Oc3cc(Cl)ccc3CCCNC2=O)cc1. The van der Waals surface area contributed by atoms with E-state index in [1.54, 1.807) is 14.0 Å². The zero-order valence-corrected chi connectivity index (χ0v) is 24.6. The Balaban J connectivity index is 1.58. The molecule has 4 rings (SSSR count). The van der Waals surface area contributed by atoms with Gasteiger partial charge in [-0.05, 0) is 75.6 Å². The van der Waals surface area contributed by atoms with Crippen LogP contribution in [0.25, 0.3) is 0 Å². The van der Waals surface area contributed by atoms with Gasteiger partial charge in [0.05, 0.1) is 6.04 Å². The lowest BCUT2D eigenvalue weighted by Gasteiger charge is -2.31. The zero-order valence-electron chi connectivity index (χ0n) is 23.8. The predicted octanol–water partition coefficient (Wildman–Crippen LogP) is 3.42. The van der Waals surface area contributed by atoms with E-state index in [2.05, 4.69) is 16.0 Å². The molecule has 1 fully saturated rings. The molecule has 0 radical (unpaired) electrons. The molecule has 1 saturated carbocycles. The van der Waals surface area contributed by atoms with Gasteiger partial charge >= 0.3 is 0 Å². The van der Waals surface area contributed by atoms with Crippen LogP contribution in [0.1, 0.15) is 49.8 Å². The average molecular weight is 569 g/mol. The lowest BCUT2D eigenvalue weighted by molar-refractivity contribution is -0.141. The molecule has 3 amide bonds. The van der Waals surface area contributed by atoms with Crippen LogP contribution in [-0.2, 0) is 27.2 Å². The monoisotopic (exact) mass is 568 g/mol. The number of hydrogen-bond donors (Lipinski definition) is 3. The van der Waals surface area contributed by atoms with Crippen molar-refractivity contribution >= 4 is 29.3 Å². The molecular formula is C31H41ClN4O4. The fourth-order valence-corrected chi connectivity index (χ4v) is 5.10. The first-order valence-electron chi connectivity index (χ1n) is 14.2. The molecule has 0 saturated heterocycles. The molecule has 9 heteroatoms. The topological polar surface area (TPSA) is 99.8 Å². The van der Waals surface area contributed by atoms with E-state index in [9.17, 15) is 14.4 Å². The number of halogens is 1. The number of aryl methyl sites for hydroxylation is 2. The van der Waals surface area contributed by atoms with Crippen molar-refractivity contribution in [2.45, 2.75) is 77.1 Å². The van der Waals surface area contributed by atoms with Crippen molar-refractivity contribution in [1.29, 1.82) is 0 Å². The van der Waals surface area contributed by atoms with Crippen LogP contribution in [0.4, 0.5) is 0 Å². The highest BCUT2D eigenvalue weighted by Crippen LogP contribution is 2.34. The van der Waals surface area contributed by atoms with Crippen LogP contribution in [0.3, 0.4) is 0 Å². The summed E-state index contributed by atoms with van der Waals surface area (Å²) in [6.07, 6.45) is 3.44. The molecule has 2 aliphatic rings. The van der Waals surface area contributed by atoms with E-state index in [0.29, 0.717) is 43.1 Å². The van der Waals surface area contributed by atoms with Gasteiger partial charge in [0.1, 0.15) is 23.9 Å². The second-order valence-corrected chi connectivity index (χ2v) is 11.6. The van der Waals surface area contributed by atoms with Gasteiger partial charge in [-0.3, -0.25) is 14.4 Å². The van der Waals surface area contributed by atoms with Gasteiger partial charge in [-0.15, -0.1) is 0 Å². The minimum absolute atomic E-state index is 0.138. The molecule has 2 aromatic carbocycles. The first kappa shape index (κ1) is 29.9. The minimum Gasteiger partial charge on any atom is -0.489 e. The van der Waals surface area contributed by atoms with Crippen LogP contribution < -0.4 is 20.7 Å². The number of amides is 3. The van der Waals surface area contributed by atoms with Crippen molar-refractivity contribution in [3.63, 3.8) is 0 Å². The van der Waals surface area contributed by atoms with E-state index < -0.39 is 18.1 Å². The highest BCUT2D eigenvalue weighted by atomic mass is 35.5. The Morgan fingerprint density at radius 3 is 2.45 bits per heavy atom. The number of rotatable bonds is 3. The maximum Gasteiger partial charge on any atom is 0.243 e. The van der Waals surface area contributed by atoms with E-state index in [1.807, 2.05) is 56.3 Å². The molecule has 0 aromatic heterocycles. The summed E-state index contributed by atoms with van der Waals surface area (Å²) in [5.74, 6) is 0.182. The van der Waals surface area contributed by atoms with Gasteiger partial charge in [0.25, 0.3) is 0 Å². The van der Waals surface area contributed by atoms with Crippen molar-refractivity contribution in [3.05, 3.63) is 64.2 Å². The summed E-state index contributed by atoms with van der Waals surface area (Å²) in [5.41, 5.74) is 3.06. The molecule has 1 heterocycles. The van der Waals surface area contributed by atoms with Crippen LogP contribution in [0.2, 0.25) is 5.02 Å². The molecule has 3 N–H and O–H groups in total. The van der Waals surface area contributed by atoms with Gasteiger partial charge in [0.15, 0.2) is 0 Å². The number of nitrogens with one attached hydrogen (secondary N) is 3. The first-order valence-corrected chi connectivity index (χ1v) is 14.6. The summed E-state index contributed by atoms with van der Waals surface area (Å²) in [5, 5.41) is 9.91. The van der Waals surface area contributed by atoms with Crippen molar-refractivity contribution in [1.82, 2.24) is 20.9 Å². The van der Waals surface area contributed by atoms with E-state index >= 15 is 0 Å². The predicted molar refractivity (Wildman–Crippen MR) is 156 cm³/mol. The van der Waals surface area contributed by atoms with Gasteiger partial charge in [-0.1, -0.05) is 47.5 Å². The number of hydrogen-bond acceptors (Lipinski definition) is 5. The third-order valence-corrected chi connectivity index (χ3v) is 8.00. The van der Waals surface area contributed by atoms with Crippen LogP contribution in [0, 0.1) is 12.8 Å². The van der Waals surface area contributed by atoms with Crippen LogP contribution in [-0.4, -0.2) is 67.0 Å². The summed E-state index contributed by atoms with van der Waals surface area (Å²) in [7, 11) is 1.65. The summed E-state index contributed by atoms with van der Waals surface area (Å²) < 4.78 is 6.26. The van der Waals surface area contributed by atoms with Crippen molar-refractivity contribution in [2.75, 3.05) is 20.1 Å². The Bertz CT molecular complexity index is 1200. The van der Waals surface area contributed by atoms with E-state index in [0.717, 1.165) is 29.5 Å². The minimum atomic E-state index is -0.771. The molecule has 40 heavy (non-hydrogen) atoms. The smallest absolute Gasteiger partial charge is 0.243 e. The van der Waals surface area contributed by atoms with Gasteiger partial charge in [-0.2, -0.15) is 0 Å². The number of benzene rings is 2. The lowest BCUT2D eigenvalue weighted by Crippen LogP contribution is -2.57. The second-order valence-electron chi connectivity index (χ2n) is 11.2. The molecule has 0 bridgehead atoms. The standard InChI is InChI=1S/C31H41ClN4O4/c1-19-7-9-22(10-8-19)16-26-30(38)33-15-5-6-23-13-14-25(32)17-27(23)40-20(2)18-34-28(24-11-12-24)31(39)36(4)21(3)29(37)35-26/h7-10,13-14,17,20-21,24,26,28,34H,5-6,11-12,15-16,18H2,1-4H3,(H,33,38)(H,35,37)/t20-,21-,26-,28+/m1/s1. The molecule has 0 unspecified atom stereocenters. The molecule has 1 aliphatic carbocycles. The fourth-order valence-electron chi connectivity index (χ4n) is 4.94. The van der Waals surface area contributed by atoms with Gasteiger partial charge in [-0.25, -0.2) is 0 Å². The first-order chi connectivity index (χ1) is 19.1. The number of carbonyl (C=O) groups is 3. The van der Waals surface area contributed by atoms with Crippen molar-refractivity contribution in [3.8, 4) is 5.75 Å². The van der Waals surface area contributed by atoms with E-state index in [4.69, 9.17) is 16.3 Å². The Morgan fingerprint density at radius 1 is 1.02 bits per heavy atom. The van der Waals surface area contributed by atoms with Gasteiger partial charge in [0, 0.05) is 31.6 Å². The van der Waals surface area contributed by atoms with Crippen molar-refractivity contribution in [2.24, 2.45) is 5.92 Å². The number of ether oxygens (including phenoxy) is 1. The number of likely N-dealkylation sites (N-methyl/N-ethyl adjacent to an activating group) is 1. The summed E-state index contributed by atoms with van der Waals surface area (Å²) in [4.78, 5) is 41.7. The van der Waals surface area contributed by atoms with Gasteiger partial charge < -0.3 is 25.6 Å². The van der Waals surface area contributed by atoms with Crippen LogP contribution in [0.5, 0.6) is 5.75 Å².